The van der Waals surface area contributed by atoms with Crippen LogP contribution in [0.3, 0.4) is 0 Å². The molecule has 5 nitrogen and oxygen atoms in total. The molecule has 5 heteroatoms. The van der Waals surface area contributed by atoms with Crippen LogP contribution in [-0.4, -0.2) is 59.3 Å². The molecule has 2 aliphatic rings. The Morgan fingerprint density at radius 2 is 1.66 bits per heavy atom. The van der Waals surface area contributed by atoms with Gasteiger partial charge in [-0.15, -0.1) is 6.58 Å². The summed E-state index contributed by atoms with van der Waals surface area (Å²) in [5, 5.41) is 11.7. The van der Waals surface area contributed by atoms with Crippen molar-refractivity contribution in [3.05, 3.63) is 60.9 Å². The molecule has 272 valence electrons. The Morgan fingerprint density at radius 3 is 2.21 bits per heavy atom. The van der Waals surface area contributed by atoms with Crippen LogP contribution in [0.1, 0.15) is 128 Å². The summed E-state index contributed by atoms with van der Waals surface area (Å²) in [7, 11) is 2.25. The third kappa shape index (κ3) is 12.6. The Morgan fingerprint density at radius 1 is 1.02 bits per heavy atom. The predicted molar refractivity (Wildman–Crippen MR) is 202 cm³/mol. The van der Waals surface area contributed by atoms with Crippen molar-refractivity contribution in [3.63, 3.8) is 0 Å². The number of ether oxygens (including phenoxy) is 3. The molecule has 1 saturated heterocycles. The highest BCUT2D eigenvalue weighted by atomic mass is 16.7. The van der Waals surface area contributed by atoms with Crippen molar-refractivity contribution in [2.75, 3.05) is 7.05 Å². The van der Waals surface area contributed by atoms with Crippen molar-refractivity contribution in [1.82, 2.24) is 4.90 Å². The van der Waals surface area contributed by atoms with E-state index in [9.17, 15) is 5.11 Å². The average molecular weight is 658 g/mol. The number of rotatable bonds is 9. The monoisotopic (exact) mass is 658 g/mol. The van der Waals surface area contributed by atoms with Gasteiger partial charge in [-0.25, -0.2) is 0 Å². The lowest BCUT2D eigenvalue weighted by Gasteiger charge is -2.49. The second-order valence-electron chi connectivity index (χ2n) is 14.9. The molecule has 1 N–H and O–H groups in total. The number of hydrogen-bond donors (Lipinski definition) is 1. The van der Waals surface area contributed by atoms with E-state index in [0.29, 0.717) is 24.1 Å². The molecule has 0 spiro atoms. The lowest BCUT2D eigenvalue weighted by molar-refractivity contribution is -0.258. The molecule has 2 rings (SSSR count). The van der Waals surface area contributed by atoms with Crippen LogP contribution in [0.15, 0.2) is 60.9 Å². The minimum atomic E-state index is -0.673. The molecule has 1 fully saturated rings. The standard InChI is InChI=1S/C40H69NO4.C2H6/c1-15-19-34-23-28(7)27(6)21-20-26(5)22-33(16-2)37(17-3)43-29(8)24-36(42)31(10)39(34)45-38-25-35(30(9)32(11)44-38)41(14)40(12,13)18-4;1-2/h15,20-22,28,30-39,42H,1,6,8,16-19,23-25H2,2-5,7,9-14H3;1-2H3/b21-20+,26-22+;/t28-,30-,31+,32?,33?,34+,35?,36-,37-,38?,39-;/m1./s1. The molecule has 0 bridgehead atoms. The van der Waals surface area contributed by atoms with E-state index in [1.165, 1.54) is 5.57 Å². The van der Waals surface area contributed by atoms with E-state index in [1.54, 1.807) is 0 Å². The van der Waals surface area contributed by atoms with Crippen LogP contribution in [0.25, 0.3) is 0 Å². The van der Waals surface area contributed by atoms with Crippen LogP contribution in [0.5, 0.6) is 0 Å². The lowest BCUT2D eigenvalue weighted by atomic mass is 9.78. The van der Waals surface area contributed by atoms with Crippen molar-refractivity contribution in [3.8, 4) is 0 Å². The van der Waals surface area contributed by atoms with E-state index in [-0.39, 0.29) is 53.8 Å². The number of aliphatic hydroxyl groups is 1. The van der Waals surface area contributed by atoms with E-state index < -0.39 is 6.10 Å². The highest BCUT2D eigenvalue weighted by molar-refractivity contribution is 5.27. The van der Waals surface area contributed by atoms with E-state index >= 15 is 0 Å². The minimum absolute atomic E-state index is 0.00404. The van der Waals surface area contributed by atoms with Crippen LogP contribution >= 0.6 is 0 Å². The topological polar surface area (TPSA) is 51.2 Å². The molecule has 0 amide bonds. The average Bonchev–Trinajstić information content (AvgIpc) is 3.04. The fraction of sp³-hybridized carbons (Fsp3) is 0.762. The van der Waals surface area contributed by atoms with E-state index in [1.807, 2.05) is 19.9 Å². The summed E-state index contributed by atoms with van der Waals surface area (Å²) in [6, 6.07) is 0.323. The summed E-state index contributed by atoms with van der Waals surface area (Å²) < 4.78 is 20.1. The first-order valence-corrected chi connectivity index (χ1v) is 18.8. The highest BCUT2D eigenvalue weighted by Crippen LogP contribution is 2.38. The van der Waals surface area contributed by atoms with E-state index in [0.717, 1.165) is 44.1 Å². The van der Waals surface area contributed by atoms with Gasteiger partial charge in [0.25, 0.3) is 0 Å². The summed E-state index contributed by atoms with van der Waals surface area (Å²) in [6.45, 7) is 39.1. The van der Waals surface area contributed by atoms with Gasteiger partial charge in [0, 0.05) is 36.3 Å². The van der Waals surface area contributed by atoms with Crippen LogP contribution in [0.2, 0.25) is 0 Å². The zero-order chi connectivity index (χ0) is 36.1. The van der Waals surface area contributed by atoms with E-state index in [4.69, 9.17) is 14.2 Å². The van der Waals surface area contributed by atoms with Crippen LogP contribution in [-0.2, 0) is 14.2 Å². The third-order valence-electron chi connectivity index (χ3n) is 11.3. The maximum absolute atomic E-state index is 11.7. The highest BCUT2D eigenvalue weighted by Gasteiger charge is 2.43. The molecule has 0 aromatic carbocycles. The Bertz CT molecular complexity index is 1010. The number of allylic oxidation sites excluding steroid dienone is 5. The van der Waals surface area contributed by atoms with Gasteiger partial charge >= 0.3 is 0 Å². The molecule has 2 aliphatic heterocycles. The Hall–Kier alpha value is -1.66. The van der Waals surface area contributed by atoms with Crippen molar-refractivity contribution in [2.45, 2.75) is 170 Å². The summed E-state index contributed by atoms with van der Waals surface area (Å²) in [4.78, 5) is 2.52. The fourth-order valence-corrected chi connectivity index (χ4v) is 7.12. The molecule has 0 aromatic heterocycles. The van der Waals surface area contributed by atoms with Gasteiger partial charge in [0.15, 0.2) is 6.29 Å². The van der Waals surface area contributed by atoms with E-state index in [2.05, 4.69) is 119 Å². The molecule has 0 saturated carbocycles. The minimum Gasteiger partial charge on any atom is -0.495 e. The van der Waals surface area contributed by atoms with Crippen LogP contribution in [0.4, 0.5) is 0 Å². The van der Waals surface area contributed by atoms with Crippen LogP contribution < -0.4 is 0 Å². The van der Waals surface area contributed by atoms with Gasteiger partial charge in [0.1, 0.15) is 6.10 Å². The molecular formula is C42H75NO4. The number of hydrogen-bond acceptors (Lipinski definition) is 5. The molecule has 47 heavy (non-hydrogen) atoms. The van der Waals surface area contributed by atoms with Gasteiger partial charge in [-0.05, 0) is 84.6 Å². The second-order valence-corrected chi connectivity index (χ2v) is 14.9. The maximum Gasteiger partial charge on any atom is 0.159 e. The van der Waals surface area contributed by atoms with Crippen molar-refractivity contribution < 1.29 is 19.3 Å². The number of aliphatic hydroxyl groups excluding tert-OH is 1. The van der Waals surface area contributed by atoms with Crippen molar-refractivity contribution in [2.24, 2.45) is 29.6 Å². The zero-order valence-corrected chi connectivity index (χ0v) is 32.9. The third-order valence-corrected chi connectivity index (χ3v) is 11.3. The fourth-order valence-electron chi connectivity index (χ4n) is 7.12. The normalized spacial score (nSPS) is 36.8. The Labute approximate surface area is 291 Å². The molecule has 4 unspecified atom stereocenters. The van der Waals surface area contributed by atoms with Gasteiger partial charge in [-0.2, -0.15) is 0 Å². The van der Waals surface area contributed by atoms with Crippen molar-refractivity contribution >= 4 is 0 Å². The van der Waals surface area contributed by atoms with Crippen LogP contribution in [0, 0.1) is 29.6 Å². The second kappa shape index (κ2) is 20.8. The largest absolute Gasteiger partial charge is 0.495 e. The quantitative estimate of drug-likeness (QED) is 0.250. The maximum atomic E-state index is 11.7. The Kier molecular flexibility index (Phi) is 19.2. The summed E-state index contributed by atoms with van der Waals surface area (Å²) in [6.07, 6.45) is 13.1. The predicted octanol–water partition coefficient (Wildman–Crippen LogP) is 10.7. The smallest absolute Gasteiger partial charge is 0.159 e. The molecule has 2 heterocycles. The van der Waals surface area contributed by atoms with Crippen molar-refractivity contribution in [1.29, 1.82) is 0 Å². The first kappa shape index (κ1) is 43.4. The zero-order valence-electron chi connectivity index (χ0n) is 32.9. The van der Waals surface area contributed by atoms with Gasteiger partial charge < -0.3 is 19.3 Å². The van der Waals surface area contributed by atoms with Gasteiger partial charge in [-0.1, -0.05) is 104 Å². The SMILES string of the molecule is C=CC[C@H]1C[C@@H](C)C(=C)/C=C/C(C)=C/C(CC)[C@@H](CC)OC(=C)C[C@@H](O)[C@H](C)[C@H]1OC1CC(N(C)C(C)(C)CC)[C@H](C)C(C)O1.CC. The van der Waals surface area contributed by atoms with Gasteiger partial charge in [0.05, 0.1) is 24.1 Å². The molecule has 0 aliphatic carbocycles. The molecule has 11 atom stereocenters. The Balaban J connectivity index is 0.00000541. The summed E-state index contributed by atoms with van der Waals surface area (Å²) in [5.41, 5.74) is 2.37. The lowest BCUT2D eigenvalue weighted by Crippen LogP contribution is -2.56. The number of nitrogens with zero attached hydrogens (tertiary/aromatic N) is 1. The summed E-state index contributed by atoms with van der Waals surface area (Å²) in [5.74, 6) is 1.45. The molecule has 0 aromatic rings. The summed E-state index contributed by atoms with van der Waals surface area (Å²) >= 11 is 0. The first-order valence-electron chi connectivity index (χ1n) is 18.8. The molecular weight excluding hydrogens is 582 g/mol. The first-order chi connectivity index (χ1) is 22.1. The van der Waals surface area contributed by atoms with Gasteiger partial charge in [0.2, 0.25) is 0 Å². The van der Waals surface area contributed by atoms with Gasteiger partial charge in [-0.3, -0.25) is 4.90 Å². The molecule has 0 radical (unpaired) electrons.